The minimum Gasteiger partial charge on any atom is -0.419 e. The van der Waals surface area contributed by atoms with Crippen LogP contribution in [0.2, 0.25) is 0 Å². The van der Waals surface area contributed by atoms with Crippen LogP contribution in [0.1, 0.15) is 24.8 Å². The number of sulfonamides is 1. The highest BCUT2D eigenvalue weighted by Gasteiger charge is 2.12. The zero-order valence-electron chi connectivity index (χ0n) is 11.5. The number of nitrogens with zero attached hydrogens (tertiary/aromatic N) is 2. The zero-order chi connectivity index (χ0) is 14.6. The maximum atomic E-state index is 11.5. The van der Waals surface area contributed by atoms with Crippen LogP contribution in [0.4, 0.5) is 0 Å². The van der Waals surface area contributed by atoms with Crippen LogP contribution >= 0.6 is 0 Å². The molecule has 1 aromatic carbocycles. The van der Waals surface area contributed by atoms with Gasteiger partial charge in [0.1, 0.15) is 0 Å². The molecule has 1 N–H and O–H groups in total. The van der Waals surface area contributed by atoms with E-state index in [9.17, 15) is 8.42 Å². The van der Waals surface area contributed by atoms with Crippen molar-refractivity contribution in [2.24, 2.45) is 0 Å². The van der Waals surface area contributed by atoms with Crippen molar-refractivity contribution in [3.05, 3.63) is 35.7 Å². The van der Waals surface area contributed by atoms with Gasteiger partial charge < -0.3 is 4.42 Å². The second kappa shape index (κ2) is 6.15. The summed E-state index contributed by atoms with van der Waals surface area (Å²) in [6.45, 7) is 3.81. The SMILES string of the molecule is CCCS(=O)(=O)NCc1nnc(-c2ccc(C)cc2)o1. The van der Waals surface area contributed by atoms with E-state index in [-0.39, 0.29) is 18.2 Å². The molecular formula is C13H17N3O3S. The van der Waals surface area contributed by atoms with Crippen molar-refractivity contribution < 1.29 is 12.8 Å². The van der Waals surface area contributed by atoms with Crippen LogP contribution < -0.4 is 4.72 Å². The van der Waals surface area contributed by atoms with Crippen LogP contribution in [0.5, 0.6) is 0 Å². The molecule has 2 aromatic rings. The minimum atomic E-state index is -3.27. The Bertz CT molecular complexity index is 662. The van der Waals surface area contributed by atoms with Gasteiger partial charge in [0.2, 0.25) is 21.8 Å². The van der Waals surface area contributed by atoms with E-state index in [0.717, 1.165) is 11.1 Å². The minimum absolute atomic E-state index is 0.0151. The van der Waals surface area contributed by atoms with Crippen molar-refractivity contribution in [2.75, 3.05) is 5.75 Å². The molecule has 0 aliphatic rings. The molecule has 0 saturated heterocycles. The normalized spacial score (nSPS) is 11.7. The molecule has 0 saturated carbocycles. The van der Waals surface area contributed by atoms with Crippen molar-refractivity contribution in [1.82, 2.24) is 14.9 Å². The summed E-state index contributed by atoms with van der Waals surface area (Å²) >= 11 is 0. The number of hydrogen-bond donors (Lipinski definition) is 1. The summed E-state index contributed by atoms with van der Waals surface area (Å²) in [7, 11) is -3.27. The lowest BCUT2D eigenvalue weighted by Gasteiger charge is -2.01. The van der Waals surface area contributed by atoms with Crippen molar-refractivity contribution >= 4 is 10.0 Å². The van der Waals surface area contributed by atoms with Crippen LogP contribution in [0.15, 0.2) is 28.7 Å². The van der Waals surface area contributed by atoms with E-state index in [1.54, 1.807) is 6.92 Å². The first-order valence-corrected chi connectivity index (χ1v) is 8.02. The Morgan fingerprint density at radius 3 is 2.55 bits per heavy atom. The van der Waals surface area contributed by atoms with Gasteiger partial charge in [-0.3, -0.25) is 0 Å². The molecule has 1 aromatic heterocycles. The molecule has 0 unspecified atom stereocenters. The maximum Gasteiger partial charge on any atom is 0.247 e. The number of aryl methyl sites for hydroxylation is 1. The first-order chi connectivity index (χ1) is 9.50. The Morgan fingerprint density at radius 2 is 1.90 bits per heavy atom. The molecule has 0 aliphatic heterocycles. The van der Waals surface area contributed by atoms with Gasteiger partial charge in [-0.2, -0.15) is 0 Å². The summed E-state index contributed by atoms with van der Waals surface area (Å²) in [5.74, 6) is 0.723. The topological polar surface area (TPSA) is 85.1 Å². The number of rotatable bonds is 6. The van der Waals surface area contributed by atoms with Gasteiger partial charge in [-0.15, -0.1) is 10.2 Å². The molecule has 0 amide bonds. The molecule has 6 nitrogen and oxygen atoms in total. The van der Waals surface area contributed by atoms with Crippen LogP contribution in [0, 0.1) is 6.92 Å². The molecule has 0 aliphatic carbocycles. The van der Waals surface area contributed by atoms with E-state index in [1.807, 2.05) is 31.2 Å². The van der Waals surface area contributed by atoms with Crippen molar-refractivity contribution in [2.45, 2.75) is 26.8 Å². The fraction of sp³-hybridized carbons (Fsp3) is 0.385. The van der Waals surface area contributed by atoms with E-state index in [4.69, 9.17) is 4.42 Å². The molecule has 0 bridgehead atoms. The van der Waals surface area contributed by atoms with E-state index < -0.39 is 10.0 Å². The fourth-order valence-corrected chi connectivity index (χ4v) is 2.68. The summed E-state index contributed by atoms with van der Waals surface area (Å²) in [6, 6.07) is 7.66. The summed E-state index contributed by atoms with van der Waals surface area (Å²) < 4.78 is 30.9. The largest absolute Gasteiger partial charge is 0.419 e. The third-order valence-electron chi connectivity index (χ3n) is 2.68. The Hall–Kier alpha value is -1.73. The first-order valence-electron chi connectivity index (χ1n) is 6.37. The van der Waals surface area contributed by atoms with Gasteiger partial charge in [-0.05, 0) is 25.5 Å². The zero-order valence-corrected chi connectivity index (χ0v) is 12.3. The van der Waals surface area contributed by atoms with Gasteiger partial charge in [-0.1, -0.05) is 24.6 Å². The molecule has 7 heteroatoms. The number of nitrogens with one attached hydrogen (secondary N) is 1. The molecule has 0 radical (unpaired) electrons. The lowest BCUT2D eigenvalue weighted by molar-refractivity contribution is 0.494. The average molecular weight is 295 g/mol. The summed E-state index contributed by atoms with van der Waals surface area (Å²) in [4.78, 5) is 0. The highest BCUT2D eigenvalue weighted by atomic mass is 32.2. The third-order valence-corrected chi connectivity index (χ3v) is 4.21. The monoisotopic (exact) mass is 295 g/mol. The lowest BCUT2D eigenvalue weighted by atomic mass is 10.1. The first kappa shape index (κ1) is 14.7. The molecule has 108 valence electrons. The molecule has 20 heavy (non-hydrogen) atoms. The quantitative estimate of drug-likeness (QED) is 0.879. The summed E-state index contributed by atoms with van der Waals surface area (Å²) in [5.41, 5.74) is 1.95. The van der Waals surface area contributed by atoms with Crippen molar-refractivity contribution in [1.29, 1.82) is 0 Å². The summed E-state index contributed by atoms with van der Waals surface area (Å²) in [6.07, 6.45) is 0.563. The second-order valence-electron chi connectivity index (χ2n) is 4.51. The van der Waals surface area contributed by atoms with Gasteiger partial charge in [0.05, 0.1) is 12.3 Å². The number of aromatic nitrogens is 2. The third kappa shape index (κ3) is 3.88. The van der Waals surface area contributed by atoms with Gasteiger partial charge in [-0.25, -0.2) is 13.1 Å². The highest BCUT2D eigenvalue weighted by Crippen LogP contribution is 2.18. The molecular weight excluding hydrogens is 278 g/mol. The number of hydrogen-bond acceptors (Lipinski definition) is 5. The molecule has 0 atom stereocenters. The van der Waals surface area contributed by atoms with E-state index >= 15 is 0 Å². The lowest BCUT2D eigenvalue weighted by Crippen LogP contribution is -2.25. The van der Waals surface area contributed by atoms with E-state index in [1.165, 1.54) is 0 Å². The fourth-order valence-electron chi connectivity index (χ4n) is 1.65. The number of benzene rings is 1. The van der Waals surface area contributed by atoms with Gasteiger partial charge in [0.25, 0.3) is 0 Å². The Kier molecular flexibility index (Phi) is 4.51. The maximum absolute atomic E-state index is 11.5. The Balaban J connectivity index is 2.04. The van der Waals surface area contributed by atoms with Gasteiger partial charge in [0, 0.05) is 5.56 Å². The molecule has 2 rings (SSSR count). The van der Waals surface area contributed by atoms with Crippen LogP contribution in [0.3, 0.4) is 0 Å². The van der Waals surface area contributed by atoms with Crippen LogP contribution in [-0.4, -0.2) is 24.4 Å². The Morgan fingerprint density at radius 1 is 1.20 bits per heavy atom. The molecule has 0 fully saturated rings. The van der Waals surface area contributed by atoms with Crippen LogP contribution in [-0.2, 0) is 16.6 Å². The van der Waals surface area contributed by atoms with E-state index in [2.05, 4.69) is 14.9 Å². The standard InChI is InChI=1S/C13H17N3O3S/c1-3-8-20(17,18)14-9-12-15-16-13(19-12)11-6-4-10(2)5-7-11/h4-7,14H,3,8-9H2,1-2H3. The Labute approximate surface area is 118 Å². The smallest absolute Gasteiger partial charge is 0.247 e. The van der Waals surface area contributed by atoms with Crippen molar-refractivity contribution in [3.63, 3.8) is 0 Å². The molecule has 1 heterocycles. The summed E-state index contributed by atoms with van der Waals surface area (Å²) in [5, 5.41) is 7.75. The van der Waals surface area contributed by atoms with Gasteiger partial charge >= 0.3 is 0 Å². The predicted molar refractivity (Wildman–Crippen MR) is 75.4 cm³/mol. The second-order valence-corrected chi connectivity index (χ2v) is 6.43. The highest BCUT2D eigenvalue weighted by molar-refractivity contribution is 7.89. The van der Waals surface area contributed by atoms with Gasteiger partial charge in [0.15, 0.2) is 0 Å². The predicted octanol–water partition coefficient (Wildman–Crippen LogP) is 1.87. The van der Waals surface area contributed by atoms with Crippen molar-refractivity contribution in [3.8, 4) is 11.5 Å². The van der Waals surface area contributed by atoms with Crippen LogP contribution in [0.25, 0.3) is 11.5 Å². The van der Waals surface area contributed by atoms with E-state index in [0.29, 0.717) is 12.3 Å². The average Bonchev–Trinajstić information content (AvgIpc) is 2.86. The molecule has 0 spiro atoms.